The van der Waals surface area contributed by atoms with Crippen LogP contribution in [0, 0.1) is 13.8 Å². The van der Waals surface area contributed by atoms with E-state index in [1.807, 2.05) is 63.2 Å². The third-order valence-electron chi connectivity index (χ3n) is 4.97. The third kappa shape index (κ3) is 5.35. The second-order valence-corrected chi connectivity index (χ2v) is 7.02. The number of benzene rings is 2. The Bertz CT molecular complexity index is 832. The number of methoxy groups -OCH3 is 1. The molecule has 0 heterocycles. The van der Waals surface area contributed by atoms with Crippen molar-refractivity contribution in [3.63, 3.8) is 0 Å². The van der Waals surface area contributed by atoms with Crippen LogP contribution in [0.4, 0.5) is 0 Å². The molecule has 0 aliphatic rings. The molecule has 2 aromatic rings. The standard InChI is InChI=1S/C23H30N2O3/c1-6-21(23(27)24-4)25(15-18-8-7-9-20(13-18)28-5)22(26)14-19-12-16(2)10-11-17(19)3/h7-13,21H,6,14-15H2,1-5H3,(H,24,27)/t21-/m1/s1. The Balaban J connectivity index is 2.34. The van der Waals surface area contributed by atoms with Crippen LogP contribution < -0.4 is 10.1 Å². The molecule has 150 valence electrons. The van der Waals surface area contributed by atoms with Gasteiger partial charge in [0.1, 0.15) is 11.8 Å². The molecule has 0 bridgehead atoms. The molecule has 5 heteroatoms. The predicted molar refractivity (Wildman–Crippen MR) is 111 cm³/mol. The van der Waals surface area contributed by atoms with Gasteiger partial charge in [0, 0.05) is 13.6 Å². The minimum atomic E-state index is -0.520. The molecule has 2 amide bonds. The fourth-order valence-corrected chi connectivity index (χ4v) is 3.31. The van der Waals surface area contributed by atoms with E-state index in [1.54, 1.807) is 19.1 Å². The number of ether oxygens (including phenoxy) is 1. The lowest BCUT2D eigenvalue weighted by atomic mass is 10.0. The Kier molecular flexibility index (Phi) is 7.61. The number of aryl methyl sites for hydroxylation is 2. The van der Waals surface area contributed by atoms with Gasteiger partial charge in [-0.05, 0) is 49.1 Å². The van der Waals surface area contributed by atoms with Crippen molar-refractivity contribution < 1.29 is 14.3 Å². The van der Waals surface area contributed by atoms with Gasteiger partial charge in [-0.3, -0.25) is 9.59 Å². The second kappa shape index (κ2) is 9.93. The van der Waals surface area contributed by atoms with Crippen molar-refractivity contribution >= 4 is 11.8 Å². The quantitative estimate of drug-likeness (QED) is 0.761. The Morgan fingerprint density at radius 2 is 1.89 bits per heavy atom. The molecule has 1 N–H and O–H groups in total. The SMILES string of the molecule is CC[C@H](C(=O)NC)N(Cc1cccc(OC)c1)C(=O)Cc1cc(C)ccc1C. The highest BCUT2D eigenvalue weighted by Gasteiger charge is 2.28. The topological polar surface area (TPSA) is 58.6 Å². The van der Waals surface area contributed by atoms with Crippen LogP contribution in [0.1, 0.15) is 35.6 Å². The minimum Gasteiger partial charge on any atom is -0.497 e. The first-order valence-electron chi connectivity index (χ1n) is 9.59. The summed E-state index contributed by atoms with van der Waals surface area (Å²) in [6.45, 7) is 6.29. The largest absolute Gasteiger partial charge is 0.497 e. The van der Waals surface area contributed by atoms with E-state index >= 15 is 0 Å². The van der Waals surface area contributed by atoms with Crippen LogP contribution in [0.15, 0.2) is 42.5 Å². The van der Waals surface area contributed by atoms with Crippen LogP contribution in [0.3, 0.4) is 0 Å². The van der Waals surface area contributed by atoms with Crippen LogP contribution in [0.25, 0.3) is 0 Å². The average molecular weight is 383 g/mol. The van der Waals surface area contributed by atoms with Crippen LogP contribution in [-0.2, 0) is 22.6 Å². The van der Waals surface area contributed by atoms with Crippen molar-refractivity contribution in [2.45, 2.75) is 46.2 Å². The predicted octanol–water partition coefficient (Wildman–Crippen LogP) is 3.41. The summed E-state index contributed by atoms with van der Waals surface area (Å²) in [4.78, 5) is 27.4. The van der Waals surface area contributed by atoms with E-state index in [4.69, 9.17) is 4.74 Å². The molecule has 2 aromatic carbocycles. The molecule has 28 heavy (non-hydrogen) atoms. The number of likely N-dealkylation sites (N-methyl/N-ethyl adjacent to an activating group) is 1. The van der Waals surface area contributed by atoms with Crippen molar-refractivity contribution in [2.75, 3.05) is 14.2 Å². The molecule has 0 saturated heterocycles. The van der Waals surface area contributed by atoms with Gasteiger partial charge >= 0.3 is 0 Å². The van der Waals surface area contributed by atoms with Crippen LogP contribution in [0.2, 0.25) is 0 Å². The van der Waals surface area contributed by atoms with E-state index in [9.17, 15) is 9.59 Å². The van der Waals surface area contributed by atoms with Crippen molar-refractivity contribution in [1.29, 1.82) is 0 Å². The summed E-state index contributed by atoms with van der Waals surface area (Å²) in [5.74, 6) is 0.513. The van der Waals surface area contributed by atoms with Gasteiger partial charge in [0.15, 0.2) is 0 Å². The van der Waals surface area contributed by atoms with Gasteiger partial charge in [0.05, 0.1) is 13.5 Å². The summed E-state index contributed by atoms with van der Waals surface area (Å²) in [7, 11) is 3.21. The Labute approximate surface area is 167 Å². The van der Waals surface area contributed by atoms with Gasteiger partial charge in [-0.2, -0.15) is 0 Å². The molecule has 0 radical (unpaired) electrons. The minimum absolute atomic E-state index is 0.0630. The van der Waals surface area contributed by atoms with Gasteiger partial charge in [-0.1, -0.05) is 42.8 Å². The van der Waals surface area contributed by atoms with E-state index in [0.717, 1.165) is 28.0 Å². The number of hydrogen-bond acceptors (Lipinski definition) is 3. The van der Waals surface area contributed by atoms with Gasteiger partial charge in [0.25, 0.3) is 0 Å². The second-order valence-electron chi connectivity index (χ2n) is 7.02. The van der Waals surface area contributed by atoms with E-state index < -0.39 is 6.04 Å². The molecular weight excluding hydrogens is 352 g/mol. The molecule has 5 nitrogen and oxygen atoms in total. The maximum absolute atomic E-state index is 13.3. The summed E-state index contributed by atoms with van der Waals surface area (Å²) < 4.78 is 5.29. The molecule has 0 saturated carbocycles. The first kappa shape index (κ1) is 21.5. The van der Waals surface area contributed by atoms with Gasteiger partial charge < -0.3 is 15.0 Å². The lowest BCUT2D eigenvalue weighted by Gasteiger charge is -2.30. The third-order valence-corrected chi connectivity index (χ3v) is 4.97. The van der Waals surface area contributed by atoms with Gasteiger partial charge in [-0.25, -0.2) is 0 Å². The zero-order valence-corrected chi connectivity index (χ0v) is 17.4. The lowest BCUT2D eigenvalue weighted by Crippen LogP contribution is -2.48. The zero-order chi connectivity index (χ0) is 20.7. The number of carbonyl (C=O) groups is 2. The maximum atomic E-state index is 13.3. The molecule has 0 fully saturated rings. The molecule has 0 aliphatic heterocycles. The van der Waals surface area contributed by atoms with E-state index in [-0.39, 0.29) is 18.2 Å². The summed E-state index contributed by atoms with van der Waals surface area (Å²) >= 11 is 0. The first-order valence-corrected chi connectivity index (χ1v) is 9.59. The molecule has 1 atom stereocenters. The first-order chi connectivity index (χ1) is 13.4. The molecule has 0 aromatic heterocycles. The smallest absolute Gasteiger partial charge is 0.242 e. The Morgan fingerprint density at radius 3 is 2.54 bits per heavy atom. The summed E-state index contributed by atoms with van der Waals surface area (Å²) in [5.41, 5.74) is 4.11. The fraction of sp³-hybridized carbons (Fsp3) is 0.391. The highest BCUT2D eigenvalue weighted by Crippen LogP contribution is 2.19. The molecule has 0 spiro atoms. The number of nitrogens with one attached hydrogen (secondary N) is 1. The lowest BCUT2D eigenvalue weighted by molar-refractivity contribution is -0.140. The van der Waals surface area contributed by atoms with E-state index in [2.05, 4.69) is 5.32 Å². The monoisotopic (exact) mass is 382 g/mol. The maximum Gasteiger partial charge on any atom is 0.242 e. The van der Waals surface area contributed by atoms with Crippen molar-refractivity contribution in [3.8, 4) is 5.75 Å². The number of hydrogen-bond donors (Lipinski definition) is 1. The van der Waals surface area contributed by atoms with Crippen LogP contribution in [0.5, 0.6) is 5.75 Å². The van der Waals surface area contributed by atoms with Crippen LogP contribution in [-0.4, -0.2) is 36.9 Å². The number of amides is 2. The Hall–Kier alpha value is -2.82. The van der Waals surface area contributed by atoms with Gasteiger partial charge in [-0.15, -0.1) is 0 Å². The number of nitrogens with zero attached hydrogens (tertiary/aromatic N) is 1. The zero-order valence-electron chi connectivity index (χ0n) is 17.4. The highest BCUT2D eigenvalue weighted by atomic mass is 16.5. The molecule has 2 rings (SSSR count). The van der Waals surface area contributed by atoms with Crippen LogP contribution >= 0.6 is 0 Å². The summed E-state index contributed by atoms with van der Waals surface area (Å²) in [5, 5.41) is 2.69. The normalized spacial score (nSPS) is 11.6. The molecular formula is C23H30N2O3. The van der Waals surface area contributed by atoms with E-state index in [1.165, 1.54) is 0 Å². The Morgan fingerprint density at radius 1 is 1.14 bits per heavy atom. The van der Waals surface area contributed by atoms with Crippen molar-refractivity contribution in [3.05, 3.63) is 64.7 Å². The summed E-state index contributed by atoms with van der Waals surface area (Å²) in [6, 6.07) is 13.2. The fourth-order valence-electron chi connectivity index (χ4n) is 3.31. The molecule has 0 aliphatic carbocycles. The number of carbonyl (C=O) groups excluding carboxylic acids is 2. The van der Waals surface area contributed by atoms with Gasteiger partial charge in [0.2, 0.25) is 11.8 Å². The van der Waals surface area contributed by atoms with E-state index in [0.29, 0.717) is 13.0 Å². The average Bonchev–Trinajstić information content (AvgIpc) is 2.70. The number of rotatable bonds is 8. The molecule has 0 unspecified atom stereocenters. The van der Waals surface area contributed by atoms with Crippen molar-refractivity contribution in [2.24, 2.45) is 0 Å². The summed E-state index contributed by atoms with van der Waals surface area (Å²) in [6.07, 6.45) is 0.813. The van der Waals surface area contributed by atoms with Crippen molar-refractivity contribution in [1.82, 2.24) is 10.2 Å². The highest BCUT2D eigenvalue weighted by molar-refractivity contribution is 5.88.